The van der Waals surface area contributed by atoms with Crippen LogP contribution in [0.5, 0.6) is 0 Å². The number of anilines is 2. The maximum atomic E-state index is 4.64. The van der Waals surface area contributed by atoms with Gasteiger partial charge in [-0.3, -0.25) is 4.98 Å². The minimum absolute atomic E-state index is 0.843. The molecule has 2 fully saturated rings. The van der Waals surface area contributed by atoms with Crippen molar-refractivity contribution < 1.29 is 0 Å². The van der Waals surface area contributed by atoms with Gasteiger partial charge in [0.1, 0.15) is 17.5 Å². The summed E-state index contributed by atoms with van der Waals surface area (Å²) in [5.41, 5.74) is 2.06. The molecule has 2 aromatic rings. The van der Waals surface area contributed by atoms with E-state index in [-0.39, 0.29) is 0 Å². The Kier molecular flexibility index (Phi) is 5.23. The van der Waals surface area contributed by atoms with E-state index >= 15 is 0 Å². The normalized spacial score (nSPS) is 19.5. The number of rotatable bonds is 3. The van der Waals surface area contributed by atoms with E-state index in [9.17, 15) is 0 Å². The van der Waals surface area contributed by atoms with Crippen LogP contribution in [0.25, 0.3) is 0 Å². The SMILES string of the molecule is Cc1cncc(N2CCC(C3CCN(c4cc(C)nc(C)n4)CC3)CC2)n1. The largest absolute Gasteiger partial charge is 0.356 e. The lowest BCUT2D eigenvalue weighted by atomic mass is 9.79. The number of piperidine rings is 2. The molecule has 6 heteroatoms. The van der Waals surface area contributed by atoms with Crippen molar-refractivity contribution in [3.63, 3.8) is 0 Å². The van der Waals surface area contributed by atoms with E-state index in [1.165, 1.54) is 25.7 Å². The Labute approximate surface area is 162 Å². The van der Waals surface area contributed by atoms with Crippen molar-refractivity contribution >= 4 is 11.6 Å². The van der Waals surface area contributed by atoms with Gasteiger partial charge in [-0.05, 0) is 58.3 Å². The summed E-state index contributed by atoms with van der Waals surface area (Å²) in [6, 6.07) is 2.12. The highest BCUT2D eigenvalue weighted by molar-refractivity contribution is 5.40. The maximum absolute atomic E-state index is 4.64. The predicted octanol–water partition coefficient (Wildman–Crippen LogP) is 3.32. The highest BCUT2D eigenvalue weighted by Gasteiger charge is 2.30. The molecule has 0 bridgehead atoms. The molecule has 0 spiro atoms. The molecule has 2 saturated heterocycles. The minimum Gasteiger partial charge on any atom is -0.356 e. The lowest BCUT2D eigenvalue weighted by molar-refractivity contribution is 0.232. The highest BCUT2D eigenvalue weighted by atomic mass is 15.2. The van der Waals surface area contributed by atoms with Crippen LogP contribution >= 0.6 is 0 Å². The zero-order chi connectivity index (χ0) is 18.8. The van der Waals surface area contributed by atoms with Crippen molar-refractivity contribution in [1.82, 2.24) is 19.9 Å². The molecule has 0 N–H and O–H groups in total. The van der Waals surface area contributed by atoms with Gasteiger partial charge in [0.25, 0.3) is 0 Å². The summed E-state index contributed by atoms with van der Waals surface area (Å²) in [4.78, 5) is 22.8. The van der Waals surface area contributed by atoms with Crippen molar-refractivity contribution in [2.45, 2.75) is 46.5 Å². The molecule has 4 rings (SSSR count). The van der Waals surface area contributed by atoms with Crippen LogP contribution in [-0.2, 0) is 0 Å². The molecular formula is C21H30N6. The van der Waals surface area contributed by atoms with E-state index in [0.29, 0.717) is 0 Å². The fourth-order valence-electron chi connectivity index (χ4n) is 4.66. The first-order chi connectivity index (χ1) is 13.1. The molecule has 27 heavy (non-hydrogen) atoms. The number of hydrogen-bond acceptors (Lipinski definition) is 6. The minimum atomic E-state index is 0.843. The predicted molar refractivity (Wildman–Crippen MR) is 108 cm³/mol. The third-order valence-corrected chi connectivity index (χ3v) is 6.09. The second-order valence-electron chi connectivity index (χ2n) is 8.08. The van der Waals surface area contributed by atoms with Crippen molar-refractivity contribution in [2.24, 2.45) is 11.8 Å². The molecule has 2 aliphatic heterocycles. The Morgan fingerprint density at radius 3 is 1.85 bits per heavy atom. The molecular weight excluding hydrogens is 336 g/mol. The van der Waals surface area contributed by atoms with Crippen LogP contribution in [0, 0.1) is 32.6 Å². The summed E-state index contributed by atoms with van der Waals surface area (Å²) in [6.07, 6.45) is 8.81. The van der Waals surface area contributed by atoms with Gasteiger partial charge in [0.2, 0.25) is 0 Å². The van der Waals surface area contributed by atoms with Crippen LogP contribution in [0.1, 0.15) is 42.9 Å². The first kappa shape index (κ1) is 18.1. The zero-order valence-electron chi connectivity index (χ0n) is 16.7. The summed E-state index contributed by atoms with van der Waals surface area (Å²) in [7, 11) is 0. The van der Waals surface area contributed by atoms with E-state index in [4.69, 9.17) is 0 Å². The molecule has 6 nitrogen and oxygen atoms in total. The summed E-state index contributed by atoms with van der Waals surface area (Å²) in [5, 5.41) is 0. The summed E-state index contributed by atoms with van der Waals surface area (Å²) < 4.78 is 0. The van der Waals surface area contributed by atoms with Crippen LogP contribution in [-0.4, -0.2) is 46.1 Å². The highest BCUT2D eigenvalue weighted by Crippen LogP contribution is 2.34. The topological polar surface area (TPSA) is 58.0 Å². The van der Waals surface area contributed by atoms with Crippen LogP contribution in [0.3, 0.4) is 0 Å². The Morgan fingerprint density at radius 1 is 0.704 bits per heavy atom. The fourth-order valence-corrected chi connectivity index (χ4v) is 4.66. The Balaban J connectivity index is 1.30. The van der Waals surface area contributed by atoms with Crippen molar-refractivity contribution in [3.05, 3.63) is 35.7 Å². The average molecular weight is 367 g/mol. The third kappa shape index (κ3) is 4.20. The molecule has 2 aromatic heterocycles. The Bertz CT molecular complexity index is 756. The van der Waals surface area contributed by atoms with E-state index in [1.54, 1.807) is 0 Å². The second-order valence-corrected chi connectivity index (χ2v) is 8.08. The van der Waals surface area contributed by atoms with Crippen LogP contribution < -0.4 is 9.80 Å². The van der Waals surface area contributed by atoms with Gasteiger partial charge < -0.3 is 9.80 Å². The molecule has 0 saturated carbocycles. The van der Waals surface area contributed by atoms with Gasteiger partial charge in [-0.15, -0.1) is 0 Å². The zero-order valence-corrected chi connectivity index (χ0v) is 16.7. The average Bonchev–Trinajstić information content (AvgIpc) is 2.68. The molecule has 0 aliphatic carbocycles. The molecule has 0 amide bonds. The first-order valence-electron chi connectivity index (χ1n) is 10.2. The molecule has 0 radical (unpaired) electrons. The Morgan fingerprint density at radius 2 is 1.30 bits per heavy atom. The summed E-state index contributed by atoms with van der Waals surface area (Å²) >= 11 is 0. The van der Waals surface area contributed by atoms with Gasteiger partial charge in [0.15, 0.2) is 0 Å². The number of aromatic nitrogens is 4. The van der Waals surface area contributed by atoms with E-state index in [0.717, 1.165) is 66.9 Å². The van der Waals surface area contributed by atoms with Crippen LogP contribution in [0.2, 0.25) is 0 Å². The van der Waals surface area contributed by atoms with E-state index < -0.39 is 0 Å². The van der Waals surface area contributed by atoms with Gasteiger partial charge in [-0.1, -0.05) is 0 Å². The van der Waals surface area contributed by atoms with Gasteiger partial charge in [0.05, 0.1) is 11.9 Å². The van der Waals surface area contributed by atoms with Crippen molar-refractivity contribution in [2.75, 3.05) is 36.0 Å². The lowest BCUT2D eigenvalue weighted by Gasteiger charge is -2.40. The van der Waals surface area contributed by atoms with Gasteiger partial charge in [-0.25, -0.2) is 15.0 Å². The molecule has 0 aromatic carbocycles. The maximum Gasteiger partial charge on any atom is 0.147 e. The first-order valence-corrected chi connectivity index (χ1v) is 10.2. The van der Waals surface area contributed by atoms with Gasteiger partial charge >= 0.3 is 0 Å². The molecule has 144 valence electrons. The molecule has 0 unspecified atom stereocenters. The molecule has 2 aliphatic rings. The van der Waals surface area contributed by atoms with E-state index in [2.05, 4.69) is 42.7 Å². The lowest BCUT2D eigenvalue weighted by Crippen LogP contribution is -2.41. The van der Waals surface area contributed by atoms with E-state index in [1.807, 2.05) is 26.2 Å². The van der Waals surface area contributed by atoms with Gasteiger partial charge in [0, 0.05) is 44.1 Å². The smallest absolute Gasteiger partial charge is 0.147 e. The Hall–Kier alpha value is -2.24. The standard InChI is InChI=1S/C21H30N6/c1-15-12-20(25-17(3)23-15)26-8-4-18(5-9-26)19-6-10-27(11-7-19)21-14-22-13-16(2)24-21/h12-14,18-19H,4-11H2,1-3H3. The number of nitrogens with zero attached hydrogens (tertiary/aromatic N) is 6. The summed E-state index contributed by atoms with van der Waals surface area (Å²) in [5.74, 6) is 4.70. The summed E-state index contributed by atoms with van der Waals surface area (Å²) in [6.45, 7) is 10.5. The second kappa shape index (κ2) is 7.79. The van der Waals surface area contributed by atoms with Crippen LogP contribution in [0.15, 0.2) is 18.5 Å². The third-order valence-electron chi connectivity index (χ3n) is 6.09. The molecule has 4 heterocycles. The fraction of sp³-hybridized carbons (Fsp3) is 0.619. The number of hydrogen-bond donors (Lipinski definition) is 0. The quantitative estimate of drug-likeness (QED) is 0.830. The van der Waals surface area contributed by atoms with Crippen LogP contribution in [0.4, 0.5) is 11.6 Å². The van der Waals surface area contributed by atoms with Crippen molar-refractivity contribution in [1.29, 1.82) is 0 Å². The number of aryl methyl sites for hydroxylation is 3. The van der Waals surface area contributed by atoms with Gasteiger partial charge in [-0.2, -0.15) is 0 Å². The van der Waals surface area contributed by atoms with Crippen molar-refractivity contribution in [3.8, 4) is 0 Å². The molecule has 0 atom stereocenters. The monoisotopic (exact) mass is 366 g/mol.